The van der Waals surface area contributed by atoms with Crippen molar-refractivity contribution in [2.24, 2.45) is 0 Å². The molecule has 0 fully saturated rings. The van der Waals surface area contributed by atoms with Crippen molar-refractivity contribution in [1.29, 1.82) is 5.41 Å². The Hall–Kier alpha value is -2.15. The van der Waals surface area contributed by atoms with Crippen LogP contribution in [0.25, 0.3) is 11.1 Å². The van der Waals surface area contributed by atoms with E-state index in [4.69, 9.17) is 5.41 Å². The molecule has 0 unspecified atom stereocenters. The molecule has 0 amide bonds. The molecule has 96 valence electrons. The molecule has 0 aliphatic rings. The van der Waals surface area contributed by atoms with E-state index in [1.165, 1.54) is 22.3 Å². The van der Waals surface area contributed by atoms with Crippen LogP contribution in [0.3, 0.4) is 0 Å². The fourth-order valence-corrected chi connectivity index (χ4v) is 2.06. The minimum atomic E-state index is 0.594. The summed E-state index contributed by atoms with van der Waals surface area (Å²) in [6, 6.07) is 17.0. The number of benzene rings is 2. The van der Waals surface area contributed by atoms with Crippen LogP contribution in [-0.4, -0.2) is 5.71 Å². The second-order valence-electron chi connectivity index (χ2n) is 4.80. The van der Waals surface area contributed by atoms with Crippen LogP contribution in [-0.2, 0) is 6.42 Å². The summed E-state index contributed by atoms with van der Waals surface area (Å²) in [6.07, 6.45) is 4.79. The summed E-state index contributed by atoms with van der Waals surface area (Å²) in [5, 5.41) is 7.40. The molecule has 19 heavy (non-hydrogen) atoms. The van der Waals surface area contributed by atoms with E-state index in [-0.39, 0.29) is 0 Å². The third kappa shape index (κ3) is 3.65. The van der Waals surface area contributed by atoms with Gasteiger partial charge in [0.2, 0.25) is 0 Å². The molecule has 0 aromatic heterocycles. The first-order chi connectivity index (χ1) is 9.16. The van der Waals surface area contributed by atoms with Gasteiger partial charge in [0.05, 0.1) is 0 Å². The molecule has 0 heterocycles. The van der Waals surface area contributed by atoms with Crippen LogP contribution >= 0.6 is 0 Å². The Morgan fingerprint density at radius 3 is 2.47 bits per heavy atom. The minimum Gasteiger partial charge on any atom is -0.306 e. The minimum absolute atomic E-state index is 0.594. The predicted octanol–water partition coefficient (Wildman–Crippen LogP) is 4.80. The highest BCUT2D eigenvalue weighted by atomic mass is 14.4. The maximum atomic E-state index is 7.40. The zero-order valence-corrected chi connectivity index (χ0v) is 11.5. The van der Waals surface area contributed by atoms with Crippen molar-refractivity contribution in [3.63, 3.8) is 0 Å². The van der Waals surface area contributed by atoms with Gasteiger partial charge in [-0.1, -0.05) is 54.6 Å². The van der Waals surface area contributed by atoms with E-state index in [0.29, 0.717) is 5.71 Å². The highest BCUT2D eigenvalue weighted by Crippen LogP contribution is 2.22. The maximum absolute atomic E-state index is 7.40. The van der Waals surface area contributed by atoms with Crippen LogP contribution in [0, 0.1) is 12.3 Å². The predicted molar refractivity (Wildman–Crippen MR) is 82.9 cm³/mol. The van der Waals surface area contributed by atoms with E-state index in [0.717, 1.165) is 6.42 Å². The number of hydrogen-bond acceptors (Lipinski definition) is 1. The maximum Gasteiger partial charge on any atom is 0.0279 e. The van der Waals surface area contributed by atoms with Crippen LogP contribution in [0.15, 0.2) is 60.7 Å². The second-order valence-corrected chi connectivity index (χ2v) is 4.80. The molecular weight excluding hydrogens is 230 g/mol. The van der Waals surface area contributed by atoms with Crippen LogP contribution in [0.2, 0.25) is 0 Å². The molecule has 2 aromatic rings. The van der Waals surface area contributed by atoms with Crippen molar-refractivity contribution in [2.75, 3.05) is 0 Å². The van der Waals surface area contributed by atoms with E-state index >= 15 is 0 Å². The highest BCUT2D eigenvalue weighted by molar-refractivity contribution is 5.89. The van der Waals surface area contributed by atoms with Gasteiger partial charge in [-0.05, 0) is 48.6 Å². The van der Waals surface area contributed by atoms with Crippen molar-refractivity contribution >= 4 is 5.71 Å². The quantitative estimate of drug-likeness (QED) is 0.753. The summed E-state index contributed by atoms with van der Waals surface area (Å²) in [6.45, 7) is 3.93. The molecule has 0 radical (unpaired) electrons. The van der Waals surface area contributed by atoms with Crippen LogP contribution in [0.5, 0.6) is 0 Å². The lowest BCUT2D eigenvalue weighted by atomic mass is 9.98. The van der Waals surface area contributed by atoms with Crippen LogP contribution in [0.4, 0.5) is 0 Å². The second kappa shape index (κ2) is 6.14. The standard InChI is InChI=1S/C18H19N/c1-14-11-12-18(16-8-4-3-5-9-16)13-17(14)10-6-7-15(2)19/h3-9,11-13,19H,10H2,1-2H3/b7-6-,19-15?. The number of rotatable bonds is 4. The van der Waals surface area contributed by atoms with E-state index in [2.05, 4.69) is 55.5 Å². The molecular formula is C18H19N. The fourth-order valence-electron chi connectivity index (χ4n) is 2.06. The van der Waals surface area contributed by atoms with Gasteiger partial charge >= 0.3 is 0 Å². The summed E-state index contributed by atoms with van der Waals surface area (Å²) in [5.74, 6) is 0. The molecule has 0 aliphatic heterocycles. The average molecular weight is 249 g/mol. The number of aryl methyl sites for hydroxylation is 1. The molecule has 0 atom stereocenters. The lowest BCUT2D eigenvalue weighted by Gasteiger charge is -2.07. The van der Waals surface area contributed by atoms with Gasteiger partial charge in [0, 0.05) is 5.71 Å². The van der Waals surface area contributed by atoms with Gasteiger partial charge < -0.3 is 5.41 Å². The van der Waals surface area contributed by atoms with E-state index in [1.54, 1.807) is 6.92 Å². The van der Waals surface area contributed by atoms with Crippen molar-refractivity contribution in [1.82, 2.24) is 0 Å². The number of hydrogen-bond donors (Lipinski definition) is 1. The zero-order valence-electron chi connectivity index (χ0n) is 11.5. The average Bonchev–Trinajstić information content (AvgIpc) is 2.41. The Balaban J connectivity index is 2.27. The molecule has 1 heteroatoms. The molecule has 2 aromatic carbocycles. The first-order valence-electron chi connectivity index (χ1n) is 6.53. The molecule has 0 spiro atoms. The van der Waals surface area contributed by atoms with Gasteiger partial charge in [-0.15, -0.1) is 0 Å². The summed E-state index contributed by atoms with van der Waals surface area (Å²) in [4.78, 5) is 0. The molecule has 0 aliphatic carbocycles. The Bertz CT molecular complexity index is 594. The van der Waals surface area contributed by atoms with Crippen LogP contribution < -0.4 is 0 Å². The SMILES string of the molecule is CC(=N)/C=C\Cc1cc(-c2ccccc2)ccc1C. The van der Waals surface area contributed by atoms with Gasteiger partial charge in [0.1, 0.15) is 0 Å². The molecule has 0 saturated carbocycles. The summed E-state index contributed by atoms with van der Waals surface area (Å²) in [5.41, 5.74) is 5.71. The largest absolute Gasteiger partial charge is 0.306 e. The summed E-state index contributed by atoms with van der Waals surface area (Å²) >= 11 is 0. The van der Waals surface area contributed by atoms with E-state index < -0.39 is 0 Å². The van der Waals surface area contributed by atoms with Crippen molar-refractivity contribution in [3.05, 3.63) is 71.8 Å². The lowest BCUT2D eigenvalue weighted by Crippen LogP contribution is -1.90. The number of allylic oxidation sites excluding steroid dienone is 2. The summed E-state index contributed by atoms with van der Waals surface area (Å²) in [7, 11) is 0. The topological polar surface area (TPSA) is 23.9 Å². The molecule has 2 rings (SSSR count). The number of nitrogens with one attached hydrogen (secondary N) is 1. The first kappa shape index (κ1) is 13.3. The Labute approximate surface area is 115 Å². The molecule has 1 N–H and O–H groups in total. The lowest BCUT2D eigenvalue weighted by molar-refractivity contribution is 1.21. The Kier molecular flexibility index (Phi) is 4.30. The first-order valence-corrected chi connectivity index (χ1v) is 6.53. The monoisotopic (exact) mass is 249 g/mol. The highest BCUT2D eigenvalue weighted by Gasteiger charge is 2.01. The summed E-state index contributed by atoms with van der Waals surface area (Å²) < 4.78 is 0. The van der Waals surface area contributed by atoms with E-state index in [1.807, 2.05) is 12.1 Å². The fraction of sp³-hybridized carbons (Fsp3) is 0.167. The van der Waals surface area contributed by atoms with Gasteiger partial charge in [0.25, 0.3) is 0 Å². The van der Waals surface area contributed by atoms with E-state index in [9.17, 15) is 0 Å². The van der Waals surface area contributed by atoms with Gasteiger partial charge in [-0.3, -0.25) is 0 Å². The Morgan fingerprint density at radius 1 is 1.05 bits per heavy atom. The zero-order chi connectivity index (χ0) is 13.7. The van der Waals surface area contributed by atoms with Crippen molar-refractivity contribution in [2.45, 2.75) is 20.3 Å². The third-order valence-corrected chi connectivity index (χ3v) is 3.16. The van der Waals surface area contributed by atoms with Crippen molar-refractivity contribution < 1.29 is 0 Å². The molecule has 0 saturated heterocycles. The van der Waals surface area contributed by atoms with Gasteiger partial charge in [-0.25, -0.2) is 0 Å². The van der Waals surface area contributed by atoms with Gasteiger partial charge in [0.15, 0.2) is 0 Å². The van der Waals surface area contributed by atoms with Gasteiger partial charge in [-0.2, -0.15) is 0 Å². The Morgan fingerprint density at radius 2 is 1.79 bits per heavy atom. The van der Waals surface area contributed by atoms with Crippen molar-refractivity contribution in [3.8, 4) is 11.1 Å². The molecule has 1 nitrogen and oxygen atoms in total. The third-order valence-electron chi connectivity index (χ3n) is 3.16. The van der Waals surface area contributed by atoms with Crippen LogP contribution in [0.1, 0.15) is 18.1 Å². The molecule has 0 bridgehead atoms. The normalized spacial score (nSPS) is 10.8. The smallest absolute Gasteiger partial charge is 0.0279 e.